The third kappa shape index (κ3) is 11.8. The van der Waals surface area contributed by atoms with Crippen molar-refractivity contribution < 1.29 is 14.6 Å². The van der Waals surface area contributed by atoms with Crippen LogP contribution in [-0.4, -0.2) is 23.3 Å². The molecular weight excluding hydrogens is 288 g/mol. The van der Waals surface area contributed by atoms with Gasteiger partial charge in [-0.2, -0.15) is 0 Å². The third-order valence-corrected chi connectivity index (χ3v) is 3.95. The Morgan fingerprint density at radius 3 is 2.35 bits per heavy atom. The summed E-state index contributed by atoms with van der Waals surface area (Å²) < 4.78 is 5.66. The van der Waals surface area contributed by atoms with E-state index in [1.165, 1.54) is 25.7 Å². The molecule has 23 heavy (non-hydrogen) atoms. The fourth-order valence-electron chi connectivity index (χ4n) is 2.50. The van der Waals surface area contributed by atoms with E-state index in [1.807, 2.05) is 0 Å². The highest BCUT2D eigenvalue weighted by molar-refractivity contribution is 5.66. The van der Waals surface area contributed by atoms with Gasteiger partial charge in [0.15, 0.2) is 0 Å². The van der Waals surface area contributed by atoms with E-state index < -0.39 is 5.97 Å². The van der Waals surface area contributed by atoms with Gasteiger partial charge in [0.2, 0.25) is 0 Å². The minimum absolute atomic E-state index is 0.259. The molecule has 3 nitrogen and oxygen atoms in total. The molecule has 0 unspecified atom stereocenters. The summed E-state index contributed by atoms with van der Waals surface area (Å²) in [4.78, 5) is 10.3. The molecule has 1 fully saturated rings. The smallest absolute Gasteiger partial charge is 0.303 e. The molecule has 1 aliphatic rings. The molecule has 1 aliphatic heterocycles. The predicted octanol–water partition coefficient (Wildman–Crippen LogP) is 5.43. The van der Waals surface area contributed by atoms with Crippen LogP contribution in [0.3, 0.4) is 0 Å². The summed E-state index contributed by atoms with van der Waals surface area (Å²) in [5.74, 6) is -0.714. The maximum absolute atomic E-state index is 10.3. The van der Waals surface area contributed by atoms with E-state index in [0.717, 1.165) is 32.1 Å². The highest BCUT2D eigenvalue weighted by atomic mass is 16.6. The van der Waals surface area contributed by atoms with Crippen molar-refractivity contribution in [2.75, 3.05) is 0 Å². The zero-order chi connectivity index (χ0) is 16.8. The summed E-state index contributed by atoms with van der Waals surface area (Å²) in [5, 5.41) is 8.51. The lowest BCUT2D eigenvalue weighted by atomic mass is 10.1. The second kappa shape index (κ2) is 13.1. The number of allylic oxidation sites excluding steroid dienone is 5. The Labute approximate surface area is 141 Å². The van der Waals surface area contributed by atoms with Gasteiger partial charge in [0.25, 0.3) is 0 Å². The van der Waals surface area contributed by atoms with Crippen LogP contribution in [0.15, 0.2) is 36.5 Å². The lowest BCUT2D eigenvalue weighted by molar-refractivity contribution is -0.137. The second-order valence-electron chi connectivity index (χ2n) is 6.12. The Kier molecular flexibility index (Phi) is 11.2. The van der Waals surface area contributed by atoms with Crippen molar-refractivity contribution in [2.45, 2.75) is 83.3 Å². The van der Waals surface area contributed by atoms with Crippen LogP contribution in [0.5, 0.6) is 0 Å². The van der Waals surface area contributed by atoms with Crippen LogP contribution in [0.4, 0.5) is 0 Å². The Morgan fingerprint density at radius 2 is 1.65 bits per heavy atom. The number of ether oxygens (including phenoxy) is 1. The van der Waals surface area contributed by atoms with Crippen LogP contribution >= 0.6 is 0 Å². The van der Waals surface area contributed by atoms with Crippen molar-refractivity contribution in [2.24, 2.45) is 0 Å². The molecule has 0 aliphatic carbocycles. The molecule has 0 bridgehead atoms. The maximum Gasteiger partial charge on any atom is 0.303 e. The molecule has 1 rings (SSSR count). The molecule has 3 heteroatoms. The van der Waals surface area contributed by atoms with Crippen molar-refractivity contribution in [3.8, 4) is 0 Å². The number of rotatable bonds is 14. The van der Waals surface area contributed by atoms with Crippen LogP contribution in [0.25, 0.3) is 0 Å². The molecule has 0 amide bonds. The van der Waals surface area contributed by atoms with Gasteiger partial charge in [-0.15, -0.1) is 0 Å². The highest BCUT2D eigenvalue weighted by Crippen LogP contribution is 2.30. The van der Waals surface area contributed by atoms with E-state index in [2.05, 4.69) is 43.4 Å². The molecule has 1 heterocycles. The molecular formula is C20H32O3. The summed E-state index contributed by atoms with van der Waals surface area (Å²) in [6.45, 7) is 2.23. The molecule has 0 saturated carbocycles. The van der Waals surface area contributed by atoms with Crippen molar-refractivity contribution in [3.63, 3.8) is 0 Å². The lowest BCUT2D eigenvalue weighted by Gasteiger charge is -1.93. The lowest BCUT2D eigenvalue weighted by Crippen LogP contribution is -1.92. The van der Waals surface area contributed by atoms with E-state index in [0.29, 0.717) is 12.2 Å². The number of carbonyl (C=O) groups is 1. The number of hydrogen-bond acceptors (Lipinski definition) is 2. The van der Waals surface area contributed by atoms with E-state index in [4.69, 9.17) is 9.84 Å². The zero-order valence-electron chi connectivity index (χ0n) is 14.5. The number of carboxylic acid groups (broad SMARTS) is 1. The number of carboxylic acids is 1. The maximum atomic E-state index is 10.3. The standard InChI is InChI=1S/C20H32O3/c1-2-3-12-15-18-19(23-18)16-13-10-8-6-4-5-7-9-11-14-17-20(21)22/h4,6-7,9-10,13,18-19H,2-3,5,8,11-12,14-17H2,1H3,(H,21,22)/b6-4-,9-7-,13-10-/t18-,19-/m1/s1. The van der Waals surface area contributed by atoms with E-state index in [-0.39, 0.29) is 6.42 Å². The van der Waals surface area contributed by atoms with Gasteiger partial charge in [0, 0.05) is 6.42 Å². The van der Waals surface area contributed by atoms with Crippen molar-refractivity contribution in [1.82, 2.24) is 0 Å². The van der Waals surface area contributed by atoms with Gasteiger partial charge in [-0.1, -0.05) is 62.6 Å². The van der Waals surface area contributed by atoms with E-state index in [1.54, 1.807) is 0 Å². The monoisotopic (exact) mass is 320 g/mol. The van der Waals surface area contributed by atoms with Crippen molar-refractivity contribution >= 4 is 5.97 Å². The number of unbranched alkanes of at least 4 members (excludes halogenated alkanes) is 3. The summed E-state index contributed by atoms with van der Waals surface area (Å²) in [6.07, 6.45) is 23.8. The Hall–Kier alpha value is -1.35. The summed E-state index contributed by atoms with van der Waals surface area (Å²) >= 11 is 0. The van der Waals surface area contributed by atoms with Crippen molar-refractivity contribution in [3.05, 3.63) is 36.5 Å². The molecule has 0 aromatic carbocycles. The molecule has 0 aromatic rings. The molecule has 2 atom stereocenters. The molecule has 0 radical (unpaired) electrons. The number of aliphatic carboxylic acids is 1. The normalized spacial score (nSPS) is 20.9. The molecule has 130 valence electrons. The Balaban J connectivity index is 1.90. The average Bonchev–Trinajstić information content (AvgIpc) is 3.27. The second-order valence-corrected chi connectivity index (χ2v) is 6.12. The largest absolute Gasteiger partial charge is 0.481 e. The molecule has 1 saturated heterocycles. The van der Waals surface area contributed by atoms with Crippen LogP contribution < -0.4 is 0 Å². The molecule has 0 spiro atoms. The first kappa shape index (κ1) is 19.7. The predicted molar refractivity (Wildman–Crippen MR) is 95.6 cm³/mol. The van der Waals surface area contributed by atoms with E-state index in [9.17, 15) is 4.79 Å². The average molecular weight is 320 g/mol. The summed E-state index contributed by atoms with van der Waals surface area (Å²) in [7, 11) is 0. The first-order chi connectivity index (χ1) is 11.2. The molecule has 0 aromatic heterocycles. The van der Waals surface area contributed by atoms with Crippen LogP contribution in [-0.2, 0) is 9.53 Å². The van der Waals surface area contributed by atoms with Gasteiger partial charge in [0.05, 0.1) is 12.2 Å². The van der Waals surface area contributed by atoms with Crippen LogP contribution in [0, 0.1) is 0 Å². The summed E-state index contributed by atoms with van der Waals surface area (Å²) in [5.41, 5.74) is 0. The molecule has 1 N–H and O–H groups in total. The fraction of sp³-hybridized carbons (Fsp3) is 0.650. The van der Waals surface area contributed by atoms with Gasteiger partial charge in [0.1, 0.15) is 0 Å². The van der Waals surface area contributed by atoms with Gasteiger partial charge in [-0.3, -0.25) is 4.79 Å². The van der Waals surface area contributed by atoms with Crippen molar-refractivity contribution in [1.29, 1.82) is 0 Å². The SMILES string of the molecule is CCCCC[C@H]1O[C@@H]1C/C=C\C/C=C\C/C=C\CCCC(=O)O. The zero-order valence-corrected chi connectivity index (χ0v) is 14.5. The van der Waals surface area contributed by atoms with Gasteiger partial charge in [-0.25, -0.2) is 0 Å². The summed E-state index contributed by atoms with van der Waals surface area (Å²) in [6, 6.07) is 0. The van der Waals surface area contributed by atoms with Gasteiger partial charge < -0.3 is 9.84 Å². The minimum atomic E-state index is -0.714. The topological polar surface area (TPSA) is 49.8 Å². The van der Waals surface area contributed by atoms with Crippen LogP contribution in [0.2, 0.25) is 0 Å². The third-order valence-electron chi connectivity index (χ3n) is 3.95. The first-order valence-electron chi connectivity index (χ1n) is 9.06. The Morgan fingerprint density at radius 1 is 0.957 bits per heavy atom. The number of hydrogen-bond donors (Lipinski definition) is 1. The van der Waals surface area contributed by atoms with Gasteiger partial charge >= 0.3 is 5.97 Å². The number of epoxide rings is 1. The fourth-order valence-corrected chi connectivity index (χ4v) is 2.50. The first-order valence-corrected chi connectivity index (χ1v) is 9.06. The van der Waals surface area contributed by atoms with E-state index >= 15 is 0 Å². The van der Waals surface area contributed by atoms with Crippen LogP contribution in [0.1, 0.15) is 71.1 Å². The quantitative estimate of drug-likeness (QED) is 0.264. The highest BCUT2D eigenvalue weighted by Gasteiger charge is 2.36. The Bertz CT molecular complexity index is 396. The van der Waals surface area contributed by atoms with Gasteiger partial charge in [-0.05, 0) is 38.5 Å². The minimum Gasteiger partial charge on any atom is -0.481 e.